The minimum atomic E-state index is -0.521. The van der Waals surface area contributed by atoms with Gasteiger partial charge >= 0.3 is 5.69 Å². The number of halogens is 2. The van der Waals surface area contributed by atoms with Gasteiger partial charge in [0.1, 0.15) is 5.75 Å². The standard InChI is InChI=1S/C22H24Cl2N4O3/c23-17-4-3-5-19(20(17)24)28-11-9-27(10-12-28)8-1-2-13-31-15-6-7-16-18(14-15)25-22(30)26-21(16)29/h3-7,14H,1-2,8-13H2,(H2,25,26,29,30). The molecule has 1 saturated heterocycles. The number of nitrogens with one attached hydrogen (secondary N) is 2. The van der Waals surface area contributed by atoms with Gasteiger partial charge in [-0.3, -0.25) is 14.7 Å². The van der Waals surface area contributed by atoms with Crippen LogP contribution in [0.1, 0.15) is 12.8 Å². The van der Waals surface area contributed by atoms with Crippen LogP contribution in [0.5, 0.6) is 5.75 Å². The van der Waals surface area contributed by atoms with Crippen molar-refractivity contribution in [2.24, 2.45) is 0 Å². The largest absolute Gasteiger partial charge is 0.494 e. The van der Waals surface area contributed by atoms with Gasteiger partial charge in [-0.2, -0.15) is 0 Å². The lowest BCUT2D eigenvalue weighted by molar-refractivity contribution is 0.238. The van der Waals surface area contributed by atoms with Gasteiger partial charge in [-0.05, 0) is 43.7 Å². The van der Waals surface area contributed by atoms with Gasteiger partial charge in [0.2, 0.25) is 0 Å². The smallest absolute Gasteiger partial charge is 0.326 e. The second kappa shape index (κ2) is 9.77. The summed E-state index contributed by atoms with van der Waals surface area (Å²) in [4.78, 5) is 32.7. The molecule has 0 spiro atoms. The molecule has 4 rings (SSSR count). The van der Waals surface area contributed by atoms with Gasteiger partial charge < -0.3 is 14.6 Å². The first-order valence-electron chi connectivity index (χ1n) is 10.3. The van der Waals surface area contributed by atoms with E-state index in [0.717, 1.165) is 51.3 Å². The van der Waals surface area contributed by atoms with E-state index in [1.165, 1.54) is 0 Å². The van der Waals surface area contributed by atoms with Crippen molar-refractivity contribution in [2.75, 3.05) is 44.2 Å². The van der Waals surface area contributed by atoms with Crippen LogP contribution < -0.4 is 20.9 Å². The fraction of sp³-hybridized carbons (Fsp3) is 0.364. The number of H-pyrrole nitrogens is 2. The van der Waals surface area contributed by atoms with Gasteiger partial charge in [-0.1, -0.05) is 29.3 Å². The van der Waals surface area contributed by atoms with Crippen LogP contribution in [0.4, 0.5) is 5.69 Å². The van der Waals surface area contributed by atoms with Crippen LogP contribution in [0.25, 0.3) is 10.9 Å². The molecule has 2 heterocycles. The number of hydrogen-bond acceptors (Lipinski definition) is 5. The quantitative estimate of drug-likeness (QED) is 0.525. The van der Waals surface area contributed by atoms with Crippen molar-refractivity contribution in [3.8, 4) is 5.75 Å². The third-order valence-electron chi connectivity index (χ3n) is 5.49. The molecule has 0 bridgehead atoms. The first kappa shape index (κ1) is 21.7. The SMILES string of the molecule is O=c1[nH]c(=O)c2ccc(OCCCCN3CCN(c4cccc(Cl)c4Cl)CC3)cc2[nH]1. The molecule has 0 aliphatic carbocycles. The summed E-state index contributed by atoms with van der Waals surface area (Å²) >= 11 is 12.5. The average molecular weight is 463 g/mol. The molecule has 1 aliphatic heterocycles. The van der Waals surface area contributed by atoms with Crippen LogP contribution in [0.15, 0.2) is 46.0 Å². The van der Waals surface area contributed by atoms with E-state index in [1.807, 2.05) is 18.2 Å². The molecule has 1 fully saturated rings. The maximum absolute atomic E-state index is 11.8. The molecule has 1 aliphatic rings. The summed E-state index contributed by atoms with van der Waals surface area (Å²) in [6, 6.07) is 10.8. The zero-order chi connectivity index (χ0) is 21.8. The molecule has 0 saturated carbocycles. The summed E-state index contributed by atoms with van der Waals surface area (Å²) < 4.78 is 5.79. The zero-order valence-corrected chi connectivity index (χ0v) is 18.5. The van der Waals surface area contributed by atoms with E-state index in [4.69, 9.17) is 27.9 Å². The highest BCUT2D eigenvalue weighted by Gasteiger charge is 2.19. The third-order valence-corrected chi connectivity index (χ3v) is 6.30. The number of fused-ring (bicyclic) bond motifs is 1. The van der Waals surface area contributed by atoms with Gasteiger partial charge in [0.25, 0.3) is 5.56 Å². The maximum Gasteiger partial charge on any atom is 0.326 e. The van der Waals surface area contributed by atoms with Crippen molar-refractivity contribution in [3.05, 3.63) is 67.3 Å². The molecular weight excluding hydrogens is 439 g/mol. The normalized spacial score (nSPS) is 14.8. The van der Waals surface area contributed by atoms with Gasteiger partial charge in [0.05, 0.1) is 33.2 Å². The lowest BCUT2D eigenvalue weighted by Gasteiger charge is -2.36. The summed E-state index contributed by atoms with van der Waals surface area (Å²) in [7, 11) is 0. The first-order chi connectivity index (χ1) is 15.0. The van der Waals surface area contributed by atoms with E-state index in [-0.39, 0.29) is 0 Å². The molecule has 0 unspecified atom stereocenters. The Hall–Kier alpha value is -2.48. The molecule has 0 atom stereocenters. The molecule has 2 N–H and O–H groups in total. The van der Waals surface area contributed by atoms with E-state index in [9.17, 15) is 9.59 Å². The van der Waals surface area contributed by atoms with Gasteiger partial charge in [0, 0.05) is 32.2 Å². The van der Waals surface area contributed by atoms with E-state index >= 15 is 0 Å². The molecule has 0 radical (unpaired) electrons. The number of rotatable bonds is 7. The topological polar surface area (TPSA) is 81.4 Å². The zero-order valence-electron chi connectivity index (χ0n) is 17.0. The summed E-state index contributed by atoms with van der Waals surface area (Å²) in [5.74, 6) is 0.640. The molecule has 0 amide bonds. The predicted octanol–water partition coefficient (Wildman–Crippen LogP) is 3.50. The molecule has 7 nitrogen and oxygen atoms in total. The lowest BCUT2D eigenvalue weighted by atomic mass is 10.2. The van der Waals surface area contributed by atoms with Crippen LogP contribution >= 0.6 is 23.2 Å². The molecule has 1 aromatic heterocycles. The van der Waals surface area contributed by atoms with Crippen LogP contribution in [0.3, 0.4) is 0 Å². The van der Waals surface area contributed by atoms with E-state index in [2.05, 4.69) is 19.8 Å². The number of aromatic nitrogens is 2. The van der Waals surface area contributed by atoms with Crippen LogP contribution in [-0.2, 0) is 0 Å². The second-order valence-corrected chi connectivity index (χ2v) is 8.36. The van der Waals surface area contributed by atoms with E-state index in [0.29, 0.717) is 33.3 Å². The Morgan fingerprint density at radius 3 is 2.58 bits per heavy atom. The Morgan fingerprint density at radius 1 is 0.968 bits per heavy atom. The molecular formula is C22H24Cl2N4O3. The number of piperazine rings is 1. The monoisotopic (exact) mass is 462 g/mol. The Kier molecular flexibility index (Phi) is 6.85. The van der Waals surface area contributed by atoms with Crippen molar-refractivity contribution >= 4 is 39.8 Å². The van der Waals surface area contributed by atoms with Gasteiger partial charge in [-0.25, -0.2) is 4.79 Å². The van der Waals surface area contributed by atoms with Crippen LogP contribution in [-0.4, -0.2) is 54.2 Å². The fourth-order valence-electron chi connectivity index (χ4n) is 3.82. The van der Waals surface area contributed by atoms with Crippen molar-refractivity contribution in [1.82, 2.24) is 14.9 Å². The van der Waals surface area contributed by atoms with Crippen molar-refractivity contribution < 1.29 is 4.74 Å². The number of benzene rings is 2. The minimum Gasteiger partial charge on any atom is -0.494 e. The number of aromatic amines is 2. The van der Waals surface area contributed by atoms with Crippen LogP contribution in [0, 0.1) is 0 Å². The maximum atomic E-state index is 11.8. The molecule has 164 valence electrons. The second-order valence-electron chi connectivity index (χ2n) is 7.57. The Labute approximate surface area is 189 Å². The fourth-order valence-corrected chi connectivity index (χ4v) is 4.23. The van der Waals surface area contributed by atoms with Crippen molar-refractivity contribution in [1.29, 1.82) is 0 Å². The van der Waals surface area contributed by atoms with Gasteiger partial charge in [-0.15, -0.1) is 0 Å². The van der Waals surface area contributed by atoms with E-state index in [1.54, 1.807) is 18.2 Å². The molecule has 3 aromatic rings. The highest BCUT2D eigenvalue weighted by Crippen LogP contribution is 2.32. The van der Waals surface area contributed by atoms with E-state index < -0.39 is 11.2 Å². The molecule has 9 heteroatoms. The number of unbranched alkanes of at least 4 members (excludes halogenated alkanes) is 1. The van der Waals surface area contributed by atoms with Crippen molar-refractivity contribution in [2.45, 2.75) is 12.8 Å². The summed E-state index contributed by atoms with van der Waals surface area (Å²) in [6.45, 7) is 5.40. The molecule has 31 heavy (non-hydrogen) atoms. The average Bonchev–Trinajstić information content (AvgIpc) is 2.75. The Morgan fingerprint density at radius 2 is 1.77 bits per heavy atom. The summed E-state index contributed by atoms with van der Waals surface area (Å²) in [5.41, 5.74) is 0.556. The Balaban J connectivity index is 1.20. The van der Waals surface area contributed by atoms with Gasteiger partial charge in [0.15, 0.2) is 0 Å². The number of anilines is 1. The Bertz CT molecular complexity index is 1170. The molecule has 2 aromatic carbocycles. The number of nitrogens with zero attached hydrogens (tertiary/aromatic N) is 2. The predicted molar refractivity (Wildman–Crippen MR) is 125 cm³/mol. The highest BCUT2D eigenvalue weighted by molar-refractivity contribution is 6.43. The number of ether oxygens (including phenoxy) is 1. The third kappa shape index (κ3) is 5.23. The summed E-state index contributed by atoms with van der Waals surface area (Å²) in [6.07, 6.45) is 1.95. The minimum absolute atomic E-state index is 0.400. The lowest BCUT2D eigenvalue weighted by Crippen LogP contribution is -2.46. The number of hydrogen-bond donors (Lipinski definition) is 2. The van der Waals surface area contributed by atoms with Crippen molar-refractivity contribution in [3.63, 3.8) is 0 Å². The summed E-state index contributed by atoms with van der Waals surface area (Å²) in [5, 5.41) is 1.65. The highest BCUT2D eigenvalue weighted by atomic mass is 35.5. The first-order valence-corrected chi connectivity index (χ1v) is 11.1. The van der Waals surface area contributed by atoms with Crippen LogP contribution in [0.2, 0.25) is 10.0 Å².